The summed E-state index contributed by atoms with van der Waals surface area (Å²) in [5, 5.41) is 3.16. The highest BCUT2D eigenvalue weighted by Gasteiger charge is 2.42. The Morgan fingerprint density at radius 1 is 0.765 bits per heavy atom. The summed E-state index contributed by atoms with van der Waals surface area (Å²) in [6, 6.07) is 18.0. The third kappa shape index (κ3) is 3.96. The highest BCUT2D eigenvalue weighted by molar-refractivity contribution is 6.46. The number of methoxy groups -OCH3 is 3. The van der Waals surface area contributed by atoms with Gasteiger partial charge in [-0.1, -0.05) is 30.3 Å². The van der Waals surface area contributed by atoms with Crippen LogP contribution in [0.3, 0.4) is 0 Å². The van der Waals surface area contributed by atoms with E-state index in [1.54, 1.807) is 43.5 Å². The molecule has 0 atom stereocenters. The third-order valence-corrected chi connectivity index (χ3v) is 5.73. The van der Waals surface area contributed by atoms with E-state index < -0.39 is 11.8 Å². The fraction of sp³-hybridized carbons (Fsp3) is 0.185. The van der Waals surface area contributed by atoms with E-state index in [1.807, 2.05) is 38.1 Å². The van der Waals surface area contributed by atoms with Crippen LogP contribution < -0.4 is 24.4 Å². The molecule has 0 spiro atoms. The molecule has 4 rings (SSSR count). The van der Waals surface area contributed by atoms with Gasteiger partial charge in [0.2, 0.25) is 0 Å². The second-order valence-electron chi connectivity index (χ2n) is 7.88. The van der Waals surface area contributed by atoms with Crippen LogP contribution in [0.4, 0.5) is 11.4 Å². The molecule has 7 nitrogen and oxygen atoms in total. The summed E-state index contributed by atoms with van der Waals surface area (Å²) in [7, 11) is 4.62. The molecule has 174 valence electrons. The maximum Gasteiger partial charge on any atom is 0.282 e. The molecular formula is C27H26N2O5. The highest BCUT2D eigenvalue weighted by atomic mass is 16.5. The Labute approximate surface area is 198 Å². The minimum atomic E-state index is -0.468. The summed E-state index contributed by atoms with van der Waals surface area (Å²) in [4.78, 5) is 28.8. The van der Waals surface area contributed by atoms with Crippen molar-refractivity contribution in [1.82, 2.24) is 0 Å². The first-order valence-electron chi connectivity index (χ1n) is 10.7. The number of para-hydroxylation sites is 1. The van der Waals surface area contributed by atoms with Crippen LogP contribution >= 0.6 is 0 Å². The van der Waals surface area contributed by atoms with Crippen molar-refractivity contribution in [1.29, 1.82) is 0 Å². The van der Waals surface area contributed by atoms with E-state index in [0.29, 0.717) is 34.2 Å². The van der Waals surface area contributed by atoms with E-state index in [9.17, 15) is 9.59 Å². The molecule has 7 heteroatoms. The fourth-order valence-electron chi connectivity index (χ4n) is 3.97. The van der Waals surface area contributed by atoms with Crippen molar-refractivity contribution in [3.63, 3.8) is 0 Å². The molecule has 0 saturated carbocycles. The summed E-state index contributed by atoms with van der Waals surface area (Å²) in [5.41, 5.74) is 3.64. The zero-order chi connectivity index (χ0) is 24.4. The maximum absolute atomic E-state index is 13.8. The normalized spacial score (nSPS) is 13.4. The number of hydrogen-bond donors (Lipinski definition) is 1. The molecule has 0 bridgehead atoms. The molecular weight excluding hydrogens is 432 g/mol. The molecule has 3 aromatic rings. The molecule has 0 aliphatic carbocycles. The first-order valence-corrected chi connectivity index (χ1v) is 10.7. The van der Waals surface area contributed by atoms with Gasteiger partial charge in [0.15, 0.2) is 0 Å². The standard InChI is InChI=1S/C27H26N2O5/c1-16-10-11-17(2)21(14-16)29-26(30)24(19-8-6-7-9-22(19)33-4)25(27(29)31)28-20-15-18(32-3)12-13-23(20)34-5/h6-15,28H,1-5H3. The van der Waals surface area contributed by atoms with Crippen LogP contribution in [0.15, 0.2) is 66.4 Å². The number of carbonyl (C=O) groups excluding carboxylic acids is 2. The number of ether oxygens (including phenoxy) is 3. The predicted octanol–water partition coefficient (Wildman–Crippen LogP) is 4.73. The van der Waals surface area contributed by atoms with Crippen LogP contribution in [0, 0.1) is 13.8 Å². The summed E-state index contributed by atoms with van der Waals surface area (Å²) in [6.45, 7) is 3.79. The van der Waals surface area contributed by atoms with Gasteiger partial charge in [0.05, 0.1) is 38.3 Å². The summed E-state index contributed by atoms with van der Waals surface area (Å²) in [6.07, 6.45) is 0. The fourth-order valence-corrected chi connectivity index (χ4v) is 3.97. The molecule has 0 radical (unpaired) electrons. The molecule has 34 heavy (non-hydrogen) atoms. The average molecular weight is 459 g/mol. The van der Waals surface area contributed by atoms with Crippen molar-refractivity contribution in [2.24, 2.45) is 0 Å². The Bertz CT molecular complexity index is 1310. The van der Waals surface area contributed by atoms with E-state index in [1.165, 1.54) is 19.1 Å². The number of nitrogens with one attached hydrogen (secondary N) is 1. The molecule has 0 saturated heterocycles. The lowest BCUT2D eigenvalue weighted by atomic mass is 10.0. The number of aryl methyl sites for hydroxylation is 2. The van der Waals surface area contributed by atoms with Gasteiger partial charge >= 0.3 is 0 Å². The molecule has 0 fully saturated rings. The summed E-state index contributed by atoms with van der Waals surface area (Å²) in [5.74, 6) is 0.652. The van der Waals surface area contributed by atoms with Crippen LogP contribution in [0.2, 0.25) is 0 Å². The number of amides is 2. The number of benzene rings is 3. The summed E-state index contributed by atoms with van der Waals surface area (Å²) < 4.78 is 16.3. The minimum Gasteiger partial charge on any atom is -0.497 e. The van der Waals surface area contributed by atoms with Crippen molar-refractivity contribution < 1.29 is 23.8 Å². The number of hydrogen-bond acceptors (Lipinski definition) is 6. The van der Waals surface area contributed by atoms with Gasteiger partial charge in [0.25, 0.3) is 11.8 Å². The first kappa shape index (κ1) is 22.9. The maximum atomic E-state index is 13.8. The molecule has 1 aliphatic heterocycles. The van der Waals surface area contributed by atoms with Crippen LogP contribution in [-0.2, 0) is 9.59 Å². The average Bonchev–Trinajstić information content (AvgIpc) is 3.09. The Morgan fingerprint density at radius 3 is 2.21 bits per heavy atom. The molecule has 0 unspecified atom stereocenters. The van der Waals surface area contributed by atoms with Crippen molar-refractivity contribution in [2.45, 2.75) is 13.8 Å². The highest BCUT2D eigenvalue weighted by Crippen LogP contribution is 2.40. The van der Waals surface area contributed by atoms with E-state index in [2.05, 4.69) is 5.32 Å². The smallest absolute Gasteiger partial charge is 0.282 e. The molecule has 2 amide bonds. The van der Waals surface area contributed by atoms with Gasteiger partial charge in [0, 0.05) is 11.6 Å². The largest absolute Gasteiger partial charge is 0.497 e. The van der Waals surface area contributed by atoms with Gasteiger partial charge in [-0.3, -0.25) is 9.59 Å². The van der Waals surface area contributed by atoms with Gasteiger partial charge in [-0.05, 0) is 49.2 Å². The van der Waals surface area contributed by atoms with E-state index in [-0.39, 0.29) is 11.3 Å². The molecule has 1 aliphatic rings. The van der Waals surface area contributed by atoms with Gasteiger partial charge in [0.1, 0.15) is 22.9 Å². The van der Waals surface area contributed by atoms with E-state index >= 15 is 0 Å². The number of rotatable bonds is 7. The molecule has 3 aromatic carbocycles. The summed E-state index contributed by atoms with van der Waals surface area (Å²) >= 11 is 0. The Balaban J connectivity index is 1.92. The van der Waals surface area contributed by atoms with E-state index in [0.717, 1.165) is 11.1 Å². The molecule has 1 N–H and O–H groups in total. The number of imide groups is 1. The van der Waals surface area contributed by atoms with Crippen LogP contribution in [0.5, 0.6) is 17.2 Å². The first-order chi connectivity index (χ1) is 16.4. The number of carbonyl (C=O) groups is 2. The quantitative estimate of drug-likeness (QED) is 0.516. The minimum absolute atomic E-state index is 0.127. The Morgan fingerprint density at radius 2 is 1.50 bits per heavy atom. The molecule has 0 aromatic heterocycles. The van der Waals surface area contributed by atoms with E-state index in [4.69, 9.17) is 14.2 Å². The Hall–Kier alpha value is -4.26. The number of anilines is 2. The zero-order valence-electron chi connectivity index (χ0n) is 19.8. The lowest BCUT2D eigenvalue weighted by Gasteiger charge is -2.19. The van der Waals surface area contributed by atoms with Gasteiger partial charge in [-0.25, -0.2) is 4.90 Å². The van der Waals surface area contributed by atoms with Gasteiger partial charge in [-0.2, -0.15) is 0 Å². The van der Waals surface area contributed by atoms with Crippen molar-refractivity contribution in [3.05, 3.63) is 83.1 Å². The van der Waals surface area contributed by atoms with Crippen LogP contribution in [0.1, 0.15) is 16.7 Å². The van der Waals surface area contributed by atoms with Crippen molar-refractivity contribution >= 4 is 28.8 Å². The lowest BCUT2D eigenvalue weighted by molar-refractivity contribution is -0.120. The predicted molar refractivity (Wildman–Crippen MR) is 131 cm³/mol. The van der Waals surface area contributed by atoms with Crippen molar-refractivity contribution in [3.8, 4) is 17.2 Å². The molecule has 1 heterocycles. The monoisotopic (exact) mass is 458 g/mol. The van der Waals surface area contributed by atoms with Gasteiger partial charge in [-0.15, -0.1) is 0 Å². The van der Waals surface area contributed by atoms with Crippen LogP contribution in [-0.4, -0.2) is 33.1 Å². The topological polar surface area (TPSA) is 77.1 Å². The van der Waals surface area contributed by atoms with Crippen molar-refractivity contribution in [2.75, 3.05) is 31.5 Å². The van der Waals surface area contributed by atoms with Crippen LogP contribution in [0.25, 0.3) is 5.57 Å². The SMILES string of the molecule is COc1ccc(OC)c(NC2=C(c3ccccc3OC)C(=O)N(c3cc(C)ccc3C)C2=O)c1. The second-order valence-corrected chi connectivity index (χ2v) is 7.88. The lowest BCUT2D eigenvalue weighted by Crippen LogP contribution is -2.33. The zero-order valence-corrected chi connectivity index (χ0v) is 19.8. The third-order valence-electron chi connectivity index (χ3n) is 5.73. The second kappa shape index (κ2) is 9.31. The number of nitrogens with zero attached hydrogens (tertiary/aromatic N) is 1. The van der Waals surface area contributed by atoms with Gasteiger partial charge < -0.3 is 19.5 Å². The Kier molecular flexibility index (Phi) is 6.27.